The molecule has 0 radical (unpaired) electrons. The second-order valence-electron chi connectivity index (χ2n) is 3.95. The highest BCUT2D eigenvalue weighted by Gasteiger charge is 2.05. The number of halogens is 1. The Hall–Kier alpha value is -0.380. The van der Waals surface area contributed by atoms with Crippen LogP contribution in [-0.2, 0) is 0 Å². The molecule has 2 heteroatoms. The van der Waals surface area contributed by atoms with Gasteiger partial charge in [0, 0.05) is 15.3 Å². The molecule has 0 aliphatic heterocycles. The number of hydrogen-bond donors (Lipinski definition) is 0. The van der Waals surface area contributed by atoms with Crippen LogP contribution >= 0.6 is 22.6 Å². The predicted octanol–water partition coefficient (Wildman–Crippen LogP) is 3.51. The molecule has 70 valence electrons. The summed E-state index contributed by atoms with van der Waals surface area (Å²) in [6.07, 6.45) is 1.95. The third-order valence-corrected chi connectivity index (χ3v) is 2.48. The standard InChI is InChI=1S/C11H14IN/c1-11(2,3)13-8-9-6-4-5-7-10(9)12/h4-8H,1-3H3/b13-8+. The highest BCUT2D eigenvalue weighted by molar-refractivity contribution is 14.1. The first-order chi connectivity index (χ1) is 5.99. The Balaban J connectivity index is 2.86. The first-order valence-electron chi connectivity index (χ1n) is 4.29. The normalized spacial score (nSPS) is 12.3. The fraction of sp³-hybridized carbons (Fsp3) is 0.364. The van der Waals surface area contributed by atoms with E-state index in [0.29, 0.717) is 0 Å². The smallest absolute Gasteiger partial charge is 0.0524 e. The van der Waals surface area contributed by atoms with Crippen molar-refractivity contribution in [2.24, 2.45) is 4.99 Å². The summed E-state index contributed by atoms with van der Waals surface area (Å²) in [4.78, 5) is 4.46. The molecule has 0 saturated heterocycles. The monoisotopic (exact) mass is 287 g/mol. The van der Waals surface area contributed by atoms with Crippen molar-refractivity contribution in [1.29, 1.82) is 0 Å². The molecule has 1 aromatic rings. The van der Waals surface area contributed by atoms with Gasteiger partial charge in [-0.1, -0.05) is 18.2 Å². The van der Waals surface area contributed by atoms with Gasteiger partial charge in [0.15, 0.2) is 0 Å². The molecule has 1 nitrogen and oxygen atoms in total. The van der Waals surface area contributed by atoms with Crippen molar-refractivity contribution in [1.82, 2.24) is 0 Å². The van der Waals surface area contributed by atoms with Crippen LogP contribution in [0.5, 0.6) is 0 Å². The maximum absolute atomic E-state index is 4.46. The fourth-order valence-corrected chi connectivity index (χ4v) is 1.37. The van der Waals surface area contributed by atoms with E-state index in [1.165, 1.54) is 9.13 Å². The molecule has 1 aromatic carbocycles. The summed E-state index contributed by atoms with van der Waals surface area (Å²) in [6, 6.07) is 8.24. The Kier molecular flexibility index (Phi) is 3.47. The molecule has 0 unspecified atom stereocenters. The molecule has 0 amide bonds. The molecular formula is C11H14IN. The van der Waals surface area contributed by atoms with E-state index in [0.717, 1.165) is 0 Å². The summed E-state index contributed by atoms with van der Waals surface area (Å²) in [5.74, 6) is 0. The molecule has 0 heterocycles. The van der Waals surface area contributed by atoms with Crippen molar-refractivity contribution < 1.29 is 0 Å². The van der Waals surface area contributed by atoms with Crippen molar-refractivity contribution in [3.05, 3.63) is 33.4 Å². The molecule has 0 fully saturated rings. The average molecular weight is 287 g/mol. The van der Waals surface area contributed by atoms with Gasteiger partial charge in [0.1, 0.15) is 0 Å². The van der Waals surface area contributed by atoms with Crippen LogP contribution in [0.3, 0.4) is 0 Å². The lowest BCUT2D eigenvalue weighted by molar-refractivity contribution is 0.586. The van der Waals surface area contributed by atoms with E-state index in [-0.39, 0.29) is 5.54 Å². The molecule has 0 aliphatic rings. The summed E-state index contributed by atoms with van der Waals surface area (Å²) >= 11 is 2.32. The van der Waals surface area contributed by atoms with Gasteiger partial charge in [-0.25, -0.2) is 0 Å². The lowest BCUT2D eigenvalue weighted by Gasteiger charge is -2.10. The number of nitrogens with zero attached hydrogens (tertiary/aromatic N) is 1. The second kappa shape index (κ2) is 4.22. The molecule has 0 aliphatic carbocycles. The molecule has 13 heavy (non-hydrogen) atoms. The number of hydrogen-bond acceptors (Lipinski definition) is 1. The Bertz CT molecular complexity index is 310. The van der Waals surface area contributed by atoms with Crippen LogP contribution in [0, 0.1) is 3.57 Å². The van der Waals surface area contributed by atoms with Crippen LogP contribution in [0.2, 0.25) is 0 Å². The Labute approximate surface area is 93.4 Å². The second-order valence-corrected chi connectivity index (χ2v) is 5.11. The summed E-state index contributed by atoms with van der Waals surface area (Å²) in [5, 5.41) is 0. The molecular weight excluding hydrogens is 273 g/mol. The van der Waals surface area contributed by atoms with Gasteiger partial charge in [-0.3, -0.25) is 4.99 Å². The van der Waals surface area contributed by atoms with Crippen LogP contribution in [0.4, 0.5) is 0 Å². The Morgan fingerprint density at radius 1 is 1.23 bits per heavy atom. The maximum Gasteiger partial charge on any atom is 0.0524 e. The topological polar surface area (TPSA) is 12.4 Å². The zero-order chi connectivity index (χ0) is 9.90. The summed E-state index contributed by atoms with van der Waals surface area (Å²) < 4.78 is 1.24. The van der Waals surface area contributed by atoms with Crippen molar-refractivity contribution >= 4 is 28.8 Å². The number of benzene rings is 1. The minimum atomic E-state index is 0.0128. The van der Waals surface area contributed by atoms with Crippen LogP contribution in [0.1, 0.15) is 26.3 Å². The molecule has 0 atom stereocenters. The SMILES string of the molecule is CC(C)(C)/N=C/c1ccccc1I. The van der Waals surface area contributed by atoms with Gasteiger partial charge in [0.05, 0.1) is 5.54 Å². The van der Waals surface area contributed by atoms with Crippen molar-refractivity contribution in [3.63, 3.8) is 0 Å². The van der Waals surface area contributed by atoms with Crippen LogP contribution in [0.25, 0.3) is 0 Å². The van der Waals surface area contributed by atoms with Gasteiger partial charge in [-0.05, 0) is 49.4 Å². The molecule has 0 saturated carbocycles. The van der Waals surface area contributed by atoms with Crippen molar-refractivity contribution in [2.45, 2.75) is 26.3 Å². The van der Waals surface area contributed by atoms with E-state index in [1.807, 2.05) is 18.3 Å². The van der Waals surface area contributed by atoms with Crippen LogP contribution in [-0.4, -0.2) is 11.8 Å². The van der Waals surface area contributed by atoms with E-state index >= 15 is 0 Å². The third-order valence-electron chi connectivity index (χ3n) is 1.50. The van der Waals surface area contributed by atoms with Gasteiger partial charge >= 0.3 is 0 Å². The highest BCUT2D eigenvalue weighted by atomic mass is 127. The van der Waals surface area contributed by atoms with E-state index in [4.69, 9.17) is 0 Å². The molecule has 0 N–H and O–H groups in total. The first-order valence-corrected chi connectivity index (χ1v) is 5.37. The maximum atomic E-state index is 4.46. The van der Waals surface area contributed by atoms with Gasteiger partial charge in [0.25, 0.3) is 0 Å². The zero-order valence-corrected chi connectivity index (χ0v) is 10.4. The first kappa shape index (κ1) is 10.7. The Morgan fingerprint density at radius 2 is 1.85 bits per heavy atom. The van der Waals surface area contributed by atoms with Crippen molar-refractivity contribution in [3.8, 4) is 0 Å². The average Bonchev–Trinajstić information content (AvgIpc) is 2.01. The van der Waals surface area contributed by atoms with E-state index in [2.05, 4.69) is 60.5 Å². The molecule has 1 rings (SSSR count). The largest absolute Gasteiger partial charge is 0.287 e. The highest BCUT2D eigenvalue weighted by Crippen LogP contribution is 2.11. The molecule has 0 bridgehead atoms. The van der Waals surface area contributed by atoms with E-state index < -0.39 is 0 Å². The lowest BCUT2D eigenvalue weighted by Crippen LogP contribution is -2.09. The van der Waals surface area contributed by atoms with Crippen LogP contribution in [0.15, 0.2) is 29.3 Å². The Morgan fingerprint density at radius 3 is 2.38 bits per heavy atom. The summed E-state index contributed by atoms with van der Waals surface area (Å²) in [5.41, 5.74) is 1.21. The lowest BCUT2D eigenvalue weighted by atomic mass is 10.1. The van der Waals surface area contributed by atoms with Gasteiger partial charge in [-0.2, -0.15) is 0 Å². The number of aliphatic imine (C=N–C) groups is 1. The molecule has 0 aromatic heterocycles. The fourth-order valence-electron chi connectivity index (χ4n) is 0.843. The van der Waals surface area contributed by atoms with Crippen LogP contribution < -0.4 is 0 Å². The zero-order valence-electron chi connectivity index (χ0n) is 8.21. The summed E-state index contributed by atoms with van der Waals surface area (Å²) in [6.45, 7) is 6.29. The molecule has 0 spiro atoms. The van der Waals surface area contributed by atoms with Gasteiger partial charge in [-0.15, -0.1) is 0 Å². The van der Waals surface area contributed by atoms with Crippen molar-refractivity contribution in [2.75, 3.05) is 0 Å². The van der Waals surface area contributed by atoms with Gasteiger partial charge < -0.3 is 0 Å². The minimum absolute atomic E-state index is 0.0128. The predicted molar refractivity (Wildman–Crippen MR) is 66.5 cm³/mol. The summed E-state index contributed by atoms with van der Waals surface area (Å²) in [7, 11) is 0. The van der Waals surface area contributed by atoms with E-state index in [9.17, 15) is 0 Å². The third kappa shape index (κ3) is 3.89. The minimum Gasteiger partial charge on any atom is -0.287 e. The van der Waals surface area contributed by atoms with Gasteiger partial charge in [0.2, 0.25) is 0 Å². The van der Waals surface area contributed by atoms with E-state index in [1.54, 1.807) is 0 Å². The quantitative estimate of drug-likeness (QED) is 0.553. The number of rotatable bonds is 1.